The Kier molecular flexibility index (Phi) is 10.5. The summed E-state index contributed by atoms with van der Waals surface area (Å²) < 4.78 is 5.90. The maximum Gasteiger partial charge on any atom is 0.269 e. The van der Waals surface area contributed by atoms with Crippen LogP contribution in [0.15, 0.2) is 24.3 Å². The van der Waals surface area contributed by atoms with Crippen LogP contribution in [-0.2, 0) is 0 Å². The fourth-order valence-electron chi connectivity index (χ4n) is 2.71. The van der Waals surface area contributed by atoms with Gasteiger partial charge in [-0.3, -0.25) is 4.79 Å². The van der Waals surface area contributed by atoms with Crippen LogP contribution in [0.1, 0.15) is 67.6 Å². The fraction of sp³-hybridized carbons (Fsp3) is 0.429. The number of hydrogen-bond donors (Lipinski definition) is 2. The number of rotatable bonds is 3. The van der Waals surface area contributed by atoms with Crippen molar-refractivity contribution in [1.82, 2.24) is 10.2 Å². The van der Waals surface area contributed by atoms with E-state index in [0.717, 1.165) is 12.8 Å². The summed E-state index contributed by atoms with van der Waals surface area (Å²) in [6, 6.07) is 8.22. The van der Waals surface area contributed by atoms with Crippen LogP contribution in [-0.4, -0.2) is 27.3 Å². The average molecular weight is 419 g/mol. The molecular formula is C21H27ClN4O3. The number of nitriles is 1. The van der Waals surface area contributed by atoms with Crippen LogP contribution in [0.2, 0.25) is 5.15 Å². The summed E-state index contributed by atoms with van der Waals surface area (Å²) in [6.07, 6.45) is 6.14. The quantitative estimate of drug-likeness (QED) is 0.754. The maximum absolute atomic E-state index is 10.4. The molecule has 1 fully saturated rings. The normalized spacial score (nSPS) is 13.1. The molecule has 1 amide bonds. The van der Waals surface area contributed by atoms with Gasteiger partial charge in [-0.15, -0.1) is 10.2 Å². The maximum atomic E-state index is 10.4. The Bertz CT molecular complexity index is 829. The first-order valence-corrected chi connectivity index (χ1v) is 9.98. The largest absolute Gasteiger partial charge is 0.506 e. The van der Waals surface area contributed by atoms with E-state index in [0.29, 0.717) is 16.9 Å². The number of phenols is 1. The SMILES string of the molecule is CC.Cc1c(OC2CCCCC2)ccc(C#N)c1O.NC(=O)c1ccc(Cl)nn1. The van der Waals surface area contributed by atoms with Crippen LogP contribution in [0.3, 0.4) is 0 Å². The third-order valence-electron chi connectivity index (χ3n) is 4.23. The molecule has 0 atom stereocenters. The number of ether oxygens (including phenoxy) is 1. The second kappa shape index (κ2) is 12.6. The molecule has 0 saturated heterocycles. The van der Waals surface area contributed by atoms with E-state index >= 15 is 0 Å². The lowest BCUT2D eigenvalue weighted by atomic mass is 9.97. The molecule has 7 nitrogen and oxygen atoms in total. The van der Waals surface area contributed by atoms with Gasteiger partial charge >= 0.3 is 0 Å². The van der Waals surface area contributed by atoms with Crippen molar-refractivity contribution in [3.8, 4) is 17.6 Å². The molecule has 156 valence electrons. The summed E-state index contributed by atoms with van der Waals surface area (Å²) in [6.45, 7) is 5.79. The van der Waals surface area contributed by atoms with Gasteiger partial charge in [-0.25, -0.2) is 0 Å². The zero-order valence-corrected chi connectivity index (χ0v) is 17.7. The predicted octanol–water partition coefficient (Wildman–Crippen LogP) is 4.54. The second-order valence-electron chi connectivity index (χ2n) is 6.18. The summed E-state index contributed by atoms with van der Waals surface area (Å²) in [7, 11) is 0. The molecule has 1 heterocycles. The zero-order chi connectivity index (χ0) is 21.8. The summed E-state index contributed by atoms with van der Waals surface area (Å²) in [5, 5.41) is 25.7. The van der Waals surface area contributed by atoms with Gasteiger partial charge in [0.2, 0.25) is 0 Å². The van der Waals surface area contributed by atoms with Gasteiger partial charge < -0.3 is 15.6 Å². The number of halogens is 1. The number of nitrogens with two attached hydrogens (primary N) is 1. The molecular weight excluding hydrogens is 392 g/mol. The standard InChI is InChI=1S/C14H17NO2.C5H4ClN3O.C2H6/c1-10-13(8-7-11(9-15)14(10)16)17-12-5-3-2-4-6-12;6-4-2-1-3(5(7)10)8-9-4;1-2/h7-8,12,16H,2-6H2,1H3;1-2H,(H2,7,10);1-2H3. The van der Waals surface area contributed by atoms with Crippen LogP contribution in [0.25, 0.3) is 0 Å². The topological polar surface area (TPSA) is 122 Å². The molecule has 0 aliphatic heterocycles. The Balaban J connectivity index is 0.000000299. The van der Waals surface area contributed by atoms with Crippen molar-refractivity contribution in [2.24, 2.45) is 5.73 Å². The number of benzene rings is 1. The minimum absolute atomic E-state index is 0.0424. The first-order chi connectivity index (χ1) is 13.9. The molecule has 2 aromatic rings. The second-order valence-corrected chi connectivity index (χ2v) is 6.57. The number of hydrogen-bond acceptors (Lipinski definition) is 6. The number of carbonyl (C=O) groups excluding carboxylic acids is 1. The highest BCUT2D eigenvalue weighted by Gasteiger charge is 2.17. The third-order valence-corrected chi connectivity index (χ3v) is 4.43. The first kappa shape index (κ1) is 24.2. The lowest BCUT2D eigenvalue weighted by Crippen LogP contribution is -2.20. The molecule has 1 aromatic heterocycles. The lowest BCUT2D eigenvalue weighted by Gasteiger charge is -2.24. The van der Waals surface area contributed by atoms with Crippen molar-refractivity contribution in [2.75, 3.05) is 0 Å². The van der Waals surface area contributed by atoms with Gasteiger partial charge in [-0.1, -0.05) is 31.9 Å². The summed E-state index contributed by atoms with van der Waals surface area (Å²) in [4.78, 5) is 10.4. The Hall–Kier alpha value is -2.85. The van der Waals surface area contributed by atoms with Crippen molar-refractivity contribution in [3.05, 3.63) is 46.2 Å². The van der Waals surface area contributed by atoms with Gasteiger partial charge in [-0.05, 0) is 56.9 Å². The highest BCUT2D eigenvalue weighted by atomic mass is 35.5. The number of phenolic OH excluding ortho intramolecular Hbond substituents is 1. The Labute approximate surface area is 176 Å². The van der Waals surface area contributed by atoms with Gasteiger partial charge in [0.15, 0.2) is 10.8 Å². The molecule has 1 saturated carbocycles. The molecule has 3 N–H and O–H groups in total. The van der Waals surface area contributed by atoms with Gasteiger partial charge in [0, 0.05) is 5.56 Å². The minimum atomic E-state index is -0.607. The van der Waals surface area contributed by atoms with Gasteiger partial charge in [0.25, 0.3) is 5.91 Å². The van der Waals surface area contributed by atoms with Crippen molar-refractivity contribution in [3.63, 3.8) is 0 Å². The summed E-state index contributed by atoms with van der Waals surface area (Å²) in [5.74, 6) is 0.137. The highest BCUT2D eigenvalue weighted by Crippen LogP contribution is 2.32. The molecule has 0 radical (unpaired) electrons. The van der Waals surface area contributed by atoms with Crippen molar-refractivity contribution in [2.45, 2.75) is 59.0 Å². The molecule has 1 aliphatic rings. The van der Waals surface area contributed by atoms with Crippen LogP contribution in [0.4, 0.5) is 0 Å². The van der Waals surface area contributed by atoms with Gasteiger partial charge in [-0.2, -0.15) is 5.26 Å². The molecule has 3 rings (SSSR count). The van der Waals surface area contributed by atoms with E-state index in [9.17, 15) is 9.90 Å². The Morgan fingerprint density at radius 1 is 1.21 bits per heavy atom. The van der Waals surface area contributed by atoms with E-state index in [1.807, 2.05) is 19.9 Å². The average Bonchev–Trinajstić information content (AvgIpc) is 2.75. The summed E-state index contributed by atoms with van der Waals surface area (Å²) >= 11 is 5.39. The molecule has 0 spiro atoms. The molecule has 0 bridgehead atoms. The fourth-order valence-corrected chi connectivity index (χ4v) is 2.81. The molecule has 8 heteroatoms. The van der Waals surface area contributed by atoms with Gasteiger partial charge in [0.05, 0.1) is 11.7 Å². The van der Waals surface area contributed by atoms with E-state index in [-0.39, 0.29) is 22.7 Å². The minimum Gasteiger partial charge on any atom is -0.506 e. The van der Waals surface area contributed by atoms with Crippen molar-refractivity contribution in [1.29, 1.82) is 5.26 Å². The van der Waals surface area contributed by atoms with E-state index in [2.05, 4.69) is 10.2 Å². The number of primary amides is 1. The molecule has 1 aromatic carbocycles. The number of amides is 1. The molecule has 0 unspecified atom stereocenters. The number of nitrogens with zero attached hydrogens (tertiary/aromatic N) is 3. The van der Waals surface area contributed by atoms with Crippen molar-refractivity contribution < 1.29 is 14.6 Å². The van der Waals surface area contributed by atoms with Crippen LogP contribution >= 0.6 is 11.6 Å². The van der Waals surface area contributed by atoms with Crippen molar-refractivity contribution >= 4 is 17.5 Å². The molecule has 29 heavy (non-hydrogen) atoms. The van der Waals surface area contributed by atoms with E-state index < -0.39 is 5.91 Å². The first-order valence-electron chi connectivity index (χ1n) is 9.60. The molecule has 1 aliphatic carbocycles. The van der Waals surface area contributed by atoms with Crippen LogP contribution in [0, 0.1) is 18.3 Å². The smallest absolute Gasteiger partial charge is 0.269 e. The van der Waals surface area contributed by atoms with E-state index in [1.165, 1.54) is 31.4 Å². The zero-order valence-electron chi connectivity index (χ0n) is 17.0. The van der Waals surface area contributed by atoms with E-state index in [1.54, 1.807) is 19.1 Å². The Morgan fingerprint density at radius 3 is 2.38 bits per heavy atom. The lowest BCUT2D eigenvalue weighted by molar-refractivity contribution is 0.0994. The number of aromatic hydroxyl groups is 1. The predicted molar refractivity (Wildman–Crippen MR) is 112 cm³/mol. The third kappa shape index (κ3) is 7.59. The number of aromatic nitrogens is 2. The van der Waals surface area contributed by atoms with Gasteiger partial charge in [0.1, 0.15) is 17.6 Å². The Morgan fingerprint density at radius 2 is 1.86 bits per heavy atom. The number of carbonyl (C=O) groups is 1. The highest BCUT2D eigenvalue weighted by molar-refractivity contribution is 6.29. The van der Waals surface area contributed by atoms with E-state index in [4.69, 9.17) is 27.3 Å². The monoisotopic (exact) mass is 418 g/mol. The van der Waals surface area contributed by atoms with Crippen LogP contribution < -0.4 is 10.5 Å². The summed E-state index contributed by atoms with van der Waals surface area (Å²) in [5.41, 5.74) is 5.96. The van der Waals surface area contributed by atoms with Crippen LogP contribution in [0.5, 0.6) is 11.5 Å².